The maximum absolute atomic E-state index is 12.4. The number of rotatable bonds is 4. The zero-order chi connectivity index (χ0) is 13.9. The van der Waals surface area contributed by atoms with Gasteiger partial charge in [0.2, 0.25) is 0 Å². The first-order valence-corrected chi connectivity index (χ1v) is 8.68. The van der Waals surface area contributed by atoms with Crippen LogP contribution in [-0.4, -0.2) is 38.2 Å². The van der Waals surface area contributed by atoms with E-state index in [9.17, 15) is 8.42 Å². The van der Waals surface area contributed by atoms with Gasteiger partial charge in [0.25, 0.3) is 0 Å². The molecule has 0 bridgehead atoms. The van der Waals surface area contributed by atoms with Gasteiger partial charge in [0, 0.05) is 6.04 Å². The molecule has 2 rings (SSSR count). The lowest BCUT2D eigenvalue weighted by atomic mass is 10.1. The number of sulfone groups is 1. The van der Waals surface area contributed by atoms with Crippen LogP contribution in [0.1, 0.15) is 31.7 Å². The smallest absolute Gasteiger partial charge is 0.179 e. The van der Waals surface area contributed by atoms with Crippen molar-refractivity contribution in [2.45, 2.75) is 44.0 Å². The third kappa shape index (κ3) is 4.47. The predicted molar refractivity (Wildman–Crippen MR) is 85.4 cm³/mol. The van der Waals surface area contributed by atoms with Crippen molar-refractivity contribution in [2.24, 2.45) is 0 Å². The number of nitrogens with zero attached hydrogens (tertiary/aromatic N) is 1. The summed E-state index contributed by atoms with van der Waals surface area (Å²) >= 11 is 0. The fraction of sp³-hybridized carbons (Fsp3) is 0.600. The lowest BCUT2D eigenvalue weighted by molar-refractivity contribution is 0.186. The summed E-state index contributed by atoms with van der Waals surface area (Å²) in [6.45, 7) is 6.05. The van der Waals surface area contributed by atoms with Crippen molar-refractivity contribution in [1.82, 2.24) is 4.90 Å². The minimum absolute atomic E-state index is 0. The molecule has 0 amide bonds. The van der Waals surface area contributed by atoms with Crippen molar-refractivity contribution in [3.8, 4) is 0 Å². The number of aryl methyl sites for hydroxylation is 1. The van der Waals surface area contributed by atoms with Crippen LogP contribution in [-0.2, 0) is 9.84 Å². The Labute approximate surface area is 128 Å². The van der Waals surface area contributed by atoms with Gasteiger partial charge in [-0.1, -0.05) is 24.1 Å². The normalized spacial score (nSPS) is 18.3. The molecule has 1 fully saturated rings. The number of hydrogen-bond acceptors (Lipinski definition) is 3. The molecule has 0 aliphatic carbocycles. The highest BCUT2D eigenvalue weighted by Gasteiger charge is 2.23. The topological polar surface area (TPSA) is 37.4 Å². The van der Waals surface area contributed by atoms with E-state index >= 15 is 0 Å². The van der Waals surface area contributed by atoms with Crippen LogP contribution in [0, 0.1) is 6.92 Å². The van der Waals surface area contributed by atoms with Crippen molar-refractivity contribution in [3.63, 3.8) is 0 Å². The molecule has 1 aromatic carbocycles. The van der Waals surface area contributed by atoms with E-state index in [0.29, 0.717) is 4.90 Å². The average molecular weight is 318 g/mol. The molecule has 1 aliphatic heterocycles. The average Bonchev–Trinajstić information content (AvgIpc) is 2.40. The van der Waals surface area contributed by atoms with Crippen LogP contribution < -0.4 is 0 Å². The van der Waals surface area contributed by atoms with Gasteiger partial charge in [-0.05, 0) is 51.9 Å². The number of halogens is 1. The van der Waals surface area contributed by atoms with Gasteiger partial charge in [0.1, 0.15) is 0 Å². The molecular formula is C15H24ClNO2S. The monoisotopic (exact) mass is 317 g/mol. The molecule has 1 atom stereocenters. The van der Waals surface area contributed by atoms with Gasteiger partial charge in [-0.25, -0.2) is 8.42 Å². The van der Waals surface area contributed by atoms with E-state index in [1.807, 2.05) is 26.0 Å². The molecule has 5 heteroatoms. The van der Waals surface area contributed by atoms with Gasteiger partial charge in [-0.15, -0.1) is 12.4 Å². The number of piperidine rings is 1. The molecule has 1 aromatic rings. The fourth-order valence-electron chi connectivity index (χ4n) is 2.62. The van der Waals surface area contributed by atoms with Crippen LogP contribution in [0.3, 0.4) is 0 Å². The van der Waals surface area contributed by atoms with Crippen molar-refractivity contribution in [1.29, 1.82) is 0 Å². The van der Waals surface area contributed by atoms with Gasteiger partial charge in [-0.2, -0.15) is 0 Å². The molecule has 0 saturated carbocycles. The highest BCUT2D eigenvalue weighted by Crippen LogP contribution is 2.17. The Hall–Kier alpha value is -0.580. The fourth-order valence-corrected chi connectivity index (χ4v) is 4.21. The van der Waals surface area contributed by atoms with E-state index < -0.39 is 9.84 Å². The first-order valence-electron chi connectivity index (χ1n) is 7.02. The third-order valence-electron chi connectivity index (χ3n) is 3.85. The SMILES string of the molecule is Cc1ccc(S(=O)(=O)CC(C)N2CCCCC2)cc1.Cl. The summed E-state index contributed by atoms with van der Waals surface area (Å²) in [6, 6.07) is 7.25. The lowest BCUT2D eigenvalue weighted by Gasteiger charge is -2.32. The largest absolute Gasteiger partial charge is 0.300 e. The lowest BCUT2D eigenvalue weighted by Crippen LogP contribution is -2.41. The van der Waals surface area contributed by atoms with E-state index in [1.54, 1.807) is 12.1 Å². The standard InChI is InChI=1S/C15H23NO2S.ClH/c1-13-6-8-15(9-7-13)19(17,18)12-14(2)16-10-4-3-5-11-16;/h6-9,14H,3-5,10-12H2,1-2H3;1H. The molecule has 1 unspecified atom stereocenters. The minimum atomic E-state index is -3.17. The third-order valence-corrected chi connectivity index (χ3v) is 5.77. The van der Waals surface area contributed by atoms with Crippen LogP contribution in [0.15, 0.2) is 29.2 Å². The molecule has 1 aliphatic rings. The summed E-state index contributed by atoms with van der Waals surface area (Å²) < 4.78 is 24.7. The van der Waals surface area contributed by atoms with E-state index in [2.05, 4.69) is 4.90 Å². The van der Waals surface area contributed by atoms with Crippen molar-refractivity contribution in [3.05, 3.63) is 29.8 Å². The first-order chi connectivity index (χ1) is 8.99. The van der Waals surface area contributed by atoms with Crippen molar-refractivity contribution < 1.29 is 8.42 Å². The molecule has 1 heterocycles. The molecule has 114 valence electrons. The van der Waals surface area contributed by atoms with Crippen molar-refractivity contribution >= 4 is 22.2 Å². The van der Waals surface area contributed by atoms with Crippen LogP contribution in [0.5, 0.6) is 0 Å². The summed E-state index contributed by atoms with van der Waals surface area (Å²) in [5.41, 5.74) is 1.09. The quantitative estimate of drug-likeness (QED) is 0.856. The van der Waals surface area contributed by atoms with Crippen LogP contribution in [0.25, 0.3) is 0 Å². The number of hydrogen-bond donors (Lipinski definition) is 0. The van der Waals surface area contributed by atoms with Crippen LogP contribution in [0.4, 0.5) is 0 Å². The molecule has 3 nitrogen and oxygen atoms in total. The van der Waals surface area contributed by atoms with Gasteiger partial charge < -0.3 is 0 Å². The summed E-state index contributed by atoms with van der Waals surface area (Å²) in [4.78, 5) is 2.75. The minimum Gasteiger partial charge on any atom is -0.300 e. The summed E-state index contributed by atoms with van der Waals surface area (Å²) in [7, 11) is -3.17. The molecule has 20 heavy (non-hydrogen) atoms. The second-order valence-corrected chi connectivity index (χ2v) is 7.57. The number of likely N-dealkylation sites (tertiary alicyclic amines) is 1. The molecular weight excluding hydrogens is 294 g/mol. The second kappa shape index (κ2) is 7.43. The highest BCUT2D eigenvalue weighted by molar-refractivity contribution is 7.91. The Morgan fingerprint density at radius 2 is 1.65 bits per heavy atom. The molecule has 1 saturated heterocycles. The maximum Gasteiger partial charge on any atom is 0.179 e. The van der Waals surface area contributed by atoms with Gasteiger partial charge in [0.15, 0.2) is 9.84 Å². The summed E-state index contributed by atoms with van der Waals surface area (Å²) in [5.74, 6) is 0.218. The zero-order valence-electron chi connectivity index (χ0n) is 12.2. The second-order valence-electron chi connectivity index (χ2n) is 5.54. The van der Waals surface area contributed by atoms with E-state index in [4.69, 9.17) is 0 Å². The molecule has 0 aromatic heterocycles. The zero-order valence-corrected chi connectivity index (χ0v) is 13.8. The summed E-state index contributed by atoms with van der Waals surface area (Å²) in [6.07, 6.45) is 3.65. The van der Waals surface area contributed by atoms with Crippen LogP contribution in [0.2, 0.25) is 0 Å². The Morgan fingerprint density at radius 3 is 2.20 bits per heavy atom. The Morgan fingerprint density at radius 1 is 1.10 bits per heavy atom. The number of benzene rings is 1. The van der Waals surface area contributed by atoms with Gasteiger partial charge in [-0.3, -0.25) is 4.90 Å². The van der Waals surface area contributed by atoms with Crippen molar-refractivity contribution in [2.75, 3.05) is 18.8 Å². The Balaban J connectivity index is 0.00000200. The van der Waals surface area contributed by atoms with E-state index in [-0.39, 0.29) is 24.2 Å². The Kier molecular flexibility index (Phi) is 6.49. The first kappa shape index (κ1) is 17.5. The molecule has 0 N–H and O–H groups in total. The van der Waals surface area contributed by atoms with E-state index in [0.717, 1.165) is 18.7 Å². The predicted octanol–water partition coefficient (Wildman–Crippen LogP) is 3.06. The van der Waals surface area contributed by atoms with Crippen LogP contribution >= 0.6 is 12.4 Å². The summed E-state index contributed by atoms with van der Waals surface area (Å²) in [5, 5.41) is 0. The molecule has 0 spiro atoms. The van der Waals surface area contributed by atoms with Gasteiger partial charge >= 0.3 is 0 Å². The molecule has 0 radical (unpaired) electrons. The highest BCUT2D eigenvalue weighted by atomic mass is 35.5. The maximum atomic E-state index is 12.4. The Bertz CT molecular complexity index is 507. The van der Waals surface area contributed by atoms with Gasteiger partial charge in [0.05, 0.1) is 10.6 Å². The van der Waals surface area contributed by atoms with E-state index in [1.165, 1.54) is 19.3 Å².